The zero-order chi connectivity index (χ0) is 23.3. The lowest BCUT2D eigenvalue weighted by Gasteiger charge is -2.39. The zero-order valence-electron chi connectivity index (χ0n) is 18.0. The molecule has 0 spiro atoms. The molecular weight excluding hydrogens is 423 g/mol. The van der Waals surface area contributed by atoms with Gasteiger partial charge in [-0.05, 0) is 57.2 Å². The van der Waals surface area contributed by atoms with Gasteiger partial charge in [0.1, 0.15) is 5.60 Å². The van der Waals surface area contributed by atoms with Crippen LogP contribution in [0, 0.1) is 0 Å². The van der Waals surface area contributed by atoms with Gasteiger partial charge in [-0.1, -0.05) is 12.1 Å². The molecule has 0 amide bonds. The van der Waals surface area contributed by atoms with E-state index in [1.165, 1.54) is 16.7 Å². The molecule has 0 bridgehead atoms. The maximum Gasteiger partial charge on any atom is 0.416 e. The van der Waals surface area contributed by atoms with E-state index in [-0.39, 0.29) is 24.2 Å². The molecule has 0 unspecified atom stereocenters. The molecule has 1 saturated heterocycles. The predicted molar refractivity (Wildman–Crippen MR) is 114 cm³/mol. The van der Waals surface area contributed by atoms with E-state index in [1.807, 2.05) is 17.0 Å². The van der Waals surface area contributed by atoms with Crippen LogP contribution in [0.15, 0.2) is 53.3 Å². The lowest BCUT2D eigenvalue weighted by Crippen LogP contribution is -2.52. The van der Waals surface area contributed by atoms with Crippen molar-refractivity contribution in [3.05, 3.63) is 64.6 Å². The van der Waals surface area contributed by atoms with Crippen LogP contribution in [0.3, 0.4) is 0 Å². The molecule has 0 saturated carbocycles. The fourth-order valence-electron chi connectivity index (χ4n) is 3.96. The molecule has 1 aliphatic rings. The van der Waals surface area contributed by atoms with Gasteiger partial charge in [0.2, 0.25) is 0 Å². The minimum absolute atomic E-state index is 0.139. The fourth-order valence-corrected chi connectivity index (χ4v) is 3.96. The summed E-state index contributed by atoms with van der Waals surface area (Å²) in [5.41, 5.74) is 0.0145. The Morgan fingerprint density at radius 2 is 1.59 bits per heavy atom. The van der Waals surface area contributed by atoms with Gasteiger partial charge < -0.3 is 4.74 Å². The van der Waals surface area contributed by atoms with E-state index in [1.54, 1.807) is 37.5 Å². The molecule has 9 heteroatoms. The van der Waals surface area contributed by atoms with Crippen LogP contribution < -0.4 is 5.69 Å². The highest BCUT2D eigenvalue weighted by molar-refractivity contribution is 5.78. The second-order valence-corrected chi connectivity index (χ2v) is 8.96. The summed E-state index contributed by atoms with van der Waals surface area (Å²) in [4.78, 5) is 27.3. The van der Waals surface area contributed by atoms with Crippen molar-refractivity contribution in [2.75, 3.05) is 19.6 Å². The van der Waals surface area contributed by atoms with E-state index in [0.717, 1.165) is 12.1 Å². The van der Waals surface area contributed by atoms with Gasteiger partial charge in [0.15, 0.2) is 0 Å². The molecule has 32 heavy (non-hydrogen) atoms. The average Bonchev–Trinajstić information content (AvgIpc) is 2.94. The molecule has 1 fully saturated rings. The van der Waals surface area contributed by atoms with Gasteiger partial charge in [-0.3, -0.25) is 18.8 Å². The Balaban J connectivity index is 1.61. The Morgan fingerprint density at radius 3 is 2.16 bits per heavy atom. The van der Waals surface area contributed by atoms with Crippen LogP contribution in [-0.4, -0.2) is 45.2 Å². The first-order valence-corrected chi connectivity index (χ1v) is 10.3. The molecule has 2 heterocycles. The van der Waals surface area contributed by atoms with Crippen molar-refractivity contribution in [2.24, 2.45) is 0 Å². The molecule has 3 aromatic rings. The van der Waals surface area contributed by atoms with Gasteiger partial charge in [0.25, 0.3) is 0 Å². The predicted octanol–water partition coefficient (Wildman–Crippen LogP) is 4.01. The molecular formula is C23H24F3N3O3. The van der Waals surface area contributed by atoms with Gasteiger partial charge in [-0.15, -0.1) is 0 Å². The van der Waals surface area contributed by atoms with Crippen LogP contribution in [0.1, 0.15) is 32.4 Å². The molecule has 0 aliphatic carbocycles. The van der Waals surface area contributed by atoms with Gasteiger partial charge in [-0.25, -0.2) is 4.79 Å². The lowest BCUT2D eigenvalue weighted by atomic mass is 10.1. The maximum atomic E-state index is 13.3. The summed E-state index contributed by atoms with van der Waals surface area (Å²) >= 11 is 0. The van der Waals surface area contributed by atoms with Crippen LogP contribution in [0.25, 0.3) is 16.7 Å². The number of likely N-dealkylation sites (tertiary alicyclic amines) is 1. The van der Waals surface area contributed by atoms with Crippen LogP contribution in [0.2, 0.25) is 0 Å². The monoisotopic (exact) mass is 447 g/mol. The smallest absolute Gasteiger partial charge is 0.416 e. The largest absolute Gasteiger partial charge is 0.459 e. The van der Waals surface area contributed by atoms with E-state index in [0.29, 0.717) is 29.8 Å². The number of nitrogens with zero attached hydrogens (tertiary/aromatic N) is 3. The SMILES string of the molecule is CC(C)(C)OC(=O)CN1CC(n2c(=O)n(-c3ccc(C(F)(F)F)cc3)c3ccccc32)C1. The third-order valence-electron chi connectivity index (χ3n) is 5.31. The number of benzene rings is 2. The van der Waals surface area contributed by atoms with Gasteiger partial charge in [0, 0.05) is 13.1 Å². The van der Waals surface area contributed by atoms with Crippen molar-refractivity contribution < 1.29 is 22.7 Å². The number of hydrogen-bond donors (Lipinski definition) is 0. The summed E-state index contributed by atoms with van der Waals surface area (Å²) in [6.45, 7) is 6.55. The topological polar surface area (TPSA) is 56.5 Å². The van der Waals surface area contributed by atoms with Gasteiger partial charge >= 0.3 is 17.8 Å². The molecule has 2 aromatic carbocycles. The third kappa shape index (κ3) is 4.29. The molecule has 1 aromatic heterocycles. The third-order valence-corrected chi connectivity index (χ3v) is 5.31. The Morgan fingerprint density at radius 1 is 1.00 bits per heavy atom. The number of carbonyl (C=O) groups is 1. The summed E-state index contributed by atoms with van der Waals surface area (Å²) < 4.78 is 47.2. The molecule has 1 aliphatic heterocycles. The Bertz CT molecular complexity index is 1200. The van der Waals surface area contributed by atoms with E-state index in [9.17, 15) is 22.8 Å². The number of fused-ring (bicyclic) bond motifs is 1. The van der Waals surface area contributed by atoms with E-state index in [2.05, 4.69) is 0 Å². The van der Waals surface area contributed by atoms with Gasteiger partial charge in [0.05, 0.1) is 34.9 Å². The Labute approximate surface area is 182 Å². The summed E-state index contributed by atoms with van der Waals surface area (Å²) in [5, 5.41) is 0. The maximum absolute atomic E-state index is 13.3. The fraction of sp³-hybridized carbons (Fsp3) is 0.391. The molecule has 0 N–H and O–H groups in total. The second kappa shape index (κ2) is 7.81. The van der Waals surface area contributed by atoms with Crippen molar-refractivity contribution >= 4 is 17.0 Å². The number of ether oxygens (including phenoxy) is 1. The second-order valence-electron chi connectivity index (χ2n) is 8.96. The van der Waals surface area contributed by atoms with E-state index >= 15 is 0 Å². The number of para-hydroxylation sites is 2. The van der Waals surface area contributed by atoms with Crippen molar-refractivity contribution in [3.8, 4) is 5.69 Å². The first-order valence-electron chi connectivity index (χ1n) is 10.3. The Hall–Kier alpha value is -3.07. The van der Waals surface area contributed by atoms with Crippen LogP contribution in [-0.2, 0) is 15.7 Å². The molecule has 0 atom stereocenters. The van der Waals surface area contributed by atoms with E-state index < -0.39 is 17.3 Å². The van der Waals surface area contributed by atoms with Crippen LogP contribution in [0.4, 0.5) is 13.2 Å². The summed E-state index contributed by atoms with van der Waals surface area (Å²) in [6.07, 6.45) is -4.44. The average molecular weight is 447 g/mol. The number of halogens is 3. The van der Waals surface area contributed by atoms with Crippen molar-refractivity contribution in [3.63, 3.8) is 0 Å². The summed E-state index contributed by atoms with van der Waals surface area (Å²) in [7, 11) is 0. The zero-order valence-corrected chi connectivity index (χ0v) is 18.0. The van der Waals surface area contributed by atoms with Crippen molar-refractivity contribution in [2.45, 2.75) is 38.6 Å². The van der Waals surface area contributed by atoms with Crippen LogP contribution >= 0.6 is 0 Å². The van der Waals surface area contributed by atoms with Crippen molar-refractivity contribution in [1.29, 1.82) is 0 Å². The first kappa shape index (κ1) is 22.1. The number of esters is 1. The van der Waals surface area contributed by atoms with Crippen molar-refractivity contribution in [1.82, 2.24) is 14.0 Å². The van der Waals surface area contributed by atoms with E-state index in [4.69, 9.17) is 4.74 Å². The molecule has 6 nitrogen and oxygen atoms in total. The number of imidazole rings is 1. The highest BCUT2D eigenvalue weighted by Gasteiger charge is 2.34. The Kier molecular flexibility index (Phi) is 5.40. The lowest BCUT2D eigenvalue weighted by molar-refractivity contribution is -0.157. The van der Waals surface area contributed by atoms with Crippen LogP contribution in [0.5, 0.6) is 0 Å². The number of aromatic nitrogens is 2. The molecule has 0 radical (unpaired) electrons. The number of alkyl halides is 3. The quantitative estimate of drug-likeness (QED) is 0.567. The molecule has 170 valence electrons. The number of carbonyl (C=O) groups excluding carboxylic acids is 1. The summed E-state index contributed by atoms with van der Waals surface area (Å²) in [5.74, 6) is -0.324. The minimum Gasteiger partial charge on any atom is -0.459 e. The van der Waals surface area contributed by atoms with Gasteiger partial charge in [-0.2, -0.15) is 13.2 Å². The minimum atomic E-state index is -4.44. The first-order chi connectivity index (χ1) is 14.9. The number of hydrogen-bond acceptors (Lipinski definition) is 4. The standard InChI is InChI=1S/C23H24F3N3O3/c1-22(2,3)32-20(30)14-27-12-17(13-27)29-19-7-5-4-6-18(19)28(21(29)31)16-10-8-15(9-11-16)23(24,25)26/h4-11,17H,12-14H2,1-3H3. The highest BCUT2D eigenvalue weighted by Crippen LogP contribution is 2.31. The highest BCUT2D eigenvalue weighted by atomic mass is 19.4. The number of rotatable bonds is 4. The summed E-state index contributed by atoms with van der Waals surface area (Å²) in [6, 6.07) is 11.6. The molecule has 4 rings (SSSR count). The normalized spacial score (nSPS) is 15.7.